The number of morpholine rings is 1. The van der Waals surface area contributed by atoms with Crippen LogP contribution in [0.1, 0.15) is 28.4 Å². The van der Waals surface area contributed by atoms with Gasteiger partial charge in [-0.25, -0.2) is 5.43 Å². The van der Waals surface area contributed by atoms with E-state index >= 15 is 0 Å². The van der Waals surface area contributed by atoms with Crippen LogP contribution in [0.2, 0.25) is 0 Å². The maximum atomic E-state index is 12.3. The van der Waals surface area contributed by atoms with Crippen LogP contribution in [0.25, 0.3) is 0 Å². The molecule has 0 radical (unpaired) electrons. The largest absolute Gasteiger partial charge is 0.497 e. The van der Waals surface area contributed by atoms with E-state index in [-0.39, 0.29) is 5.91 Å². The highest BCUT2D eigenvalue weighted by Crippen LogP contribution is 2.12. The second-order valence-electron chi connectivity index (χ2n) is 6.45. The van der Waals surface area contributed by atoms with Gasteiger partial charge in [-0.1, -0.05) is 12.1 Å². The van der Waals surface area contributed by atoms with Crippen LogP contribution >= 0.6 is 0 Å². The number of ether oxygens (including phenoxy) is 2. The molecule has 6 nitrogen and oxygen atoms in total. The average Bonchev–Trinajstić information content (AvgIpc) is 2.73. The van der Waals surface area contributed by atoms with E-state index in [4.69, 9.17) is 9.47 Å². The van der Waals surface area contributed by atoms with Gasteiger partial charge in [-0.15, -0.1) is 0 Å². The summed E-state index contributed by atoms with van der Waals surface area (Å²) in [6.07, 6.45) is 0. The predicted molar refractivity (Wildman–Crippen MR) is 105 cm³/mol. The van der Waals surface area contributed by atoms with Gasteiger partial charge in [-0.3, -0.25) is 9.69 Å². The minimum Gasteiger partial charge on any atom is -0.497 e. The van der Waals surface area contributed by atoms with Gasteiger partial charge >= 0.3 is 0 Å². The van der Waals surface area contributed by atoms with Crippen molar-refractivity contribution in [2.45, 2.75) is 13.5 Å². The highest BCUT2D eigenvalue weighted by Gasteiger charge is 2.11. The fraction of sp³-hybridized carbons (Fsp3) is 0.333. The summed E-state index contributed by atoms with van der Waals surface area (Å²) in [4.78, 5) is 14.7. The lowest BCUT2D eigenvalue weighted by Crippen LogP contribution is -2.35. The molecule has 6 heteroatoms. The molecule has 142 valence electrons. The predicted octanol–water partition coefficient (Wildman–Crippen LogP) is 2.68. The van der Waals surface area contributed by atoms with Crippen molar-refractivity contribution in [1.82, 2.24) is 10.3 Å². The standard InChI is InChI=1S/C21H25N3O3/c1-16(18-7-9-20(26-2)10-8-18)22-23-21(25)19-5-3-17(4-6-19)15-24-11-13-27-14-12-24/h3-10H,11-15H2,1-2H3,(H,23,25). The van der Waals surface area contributed by atoms with Crippen LogP contribution in [-0.4, -0.2) is 49.9 Å². The number of hydrogen-bond donors (Lipinski definition) is 1. The van der Waals surface area contributed by atoms with E-state index in [9.17, 15) is 4.79 Å². The van der Waals surface area contributed by atoms with Gasteiger partial charge in [0.15, 0.2) is 0 Å². The number of hydrogen-bond acceptors (Lipinski definition) is 5. The molecule has 0 unspecified atom stereocenters. The molecule has 1 aliphatic rings. The third kappa shape index (κ3) is 5.39. The Hall–Kier alpha value is -2.70. The van der Waals surface area contributed by atoms with E-state index in [2.05, 4.69) is 15.4 Å². The summed E-state index contributed by atoms with van der Waals surface area (Å²) in [7, 11) is 1.63. The van der Waals surface area contributed by atoms with Gasteiger partial charge in [0.2, 0.25) is 0 Å². The van der Waals surface area contributed by atoms with Gasteiger partial charge in [0.05, 0.1) is 26.0 Å². The molecule has 2 aromatic rings. The summed E-state index contributed by atoms with van der Waals surface area (Å²) in [6.45, 7) is 6.19. The first-order valence-corrected chi connectivity index (χ1v) is 9.04. The number of hydrazone groups is 1. The van der Waals surface area contributed by atoms with E-state index < -0.39 is 0 Å². The fourth-order valence-electron chi connectivity index (χ4n) is 2.87. The van der Waals surface area contributed by atoms with E-state index in [0.29, 0.717) is 5.56 Å². The molecule has 1 heterocycles. The molecule has 2 aromatic carbocycles. The normalized spacial score (nSPS) is 15.4. The van der Waals surface area contributed by atoms with Crippen LogP contribution in [0, 0.1) is 0 Å². The highest BCUT2D eigenvalue weighted by molar-refractivity contribution is 6.00. The number of carbonyl (C=O) groups is 1. The molecular weight excluding hydrogens is 342 g/mol. The van der Waals surface area contributed by atoms with Crippen LogP contribution < -0.4 is 10.2 Å². The number of nitrogens with one attached hydrogen (secondary N) is 1. The molecule has 1 amide bonds. The number of carbonyl (C=O) groups excluding carboxylic acids is 1. The zero-order valence-electron chi connectivity index (χ0n) is 15.8. The quantitative estimate of drug-likeness (QED) is 0.630. The minimum atomic E-state index is -0.221. The van der Waals surface area contributed by atoms with E-state index in [1.807, 2.05) is 55.5 Å². The van der Waals surface area contributed by atoms with Crippen molar-refractivity contribution < 1.29 is 14.3 Å². The summed E-state index contributed by atoms with van der Waals surface area (Å²) in [5, 5.41) is 4.20. The molecule has 1 saturated heterocycles. The van der Waals surface area contributed by atoms with Crippen LogP contribution in [0.3, 0.4) is 0 Å². The van der Waals surface area contributed by atoms with Crippen molar-refractivity contribution in [3.63, 3.8) is 0 Å². The van der Waals surface area contributed by atoms with Gasteiger partial charge in [0.1, 0.15) is 5.75 Å². The van der Waals surface area contributed by atoms with Gasteiger partial charge < -0.3 is 9.47 Å². The molecule has 1 N–H and O–H groups in total. The van der Waals surface area contributed by atoms with Crippen molar-refractivity contribution in [1.29, 1.82) is 0 Å². The second kappa shape index (κ2) is 9.30. The van der Waals surface area contributed by atoms with Crippen molar-refractivity contribution >= 4 is 11.6 Å². The lowest BCUT2D eigenvalue weighted by molar-refractivity contribution is 0.0342. The topological polar surface area (TPSA) is 63.2 Å². The molecule has 27 heavy (non-hydrogen) atoms. The summed E-state index contributed by atoms with van der Waals surface area (Å²) in [6, 6.07) is 15.2. The Balaban J connectivity index is 1.56. The van der Waals surface area contributed by atoms with E-state index in [0.717, 1.165) is 49.9 Å². The number of rotatable bonds is 6. The summed E-state index contributed by atoms with van der Waals surface area (Å²) < 4.78 is 10.5. The summed E-state index contributed by atoms with van der Waals surface area (Å²) in [5.74, 6) is 0.563. The smallest absolute Gasteiger partial charge is 0.271 e. The number of benzene rings is 2. The maximum absolute atomic E-state index is 12.3. The Morgan fingerprint density at radius 1 is 1.07 bits per heavy atom. The maximum Gasteiger partial charge on any atom is 0.271 e. The lowest BCUT2D eigenvalue weighted by Gasteiger charge is -2.26. The van der Waals surface area contributed by atoms with Crippen LogP contribution in [0.5, 0.6) is 5.75 Å². The highest BCUT2D eigenvalue weighted by atomic mass is 16.5. The Bertz CT molecular complexity index is 779. The number of methoxy groups -OCH3 is 1. The average molecular weight is 367 g/mol. The van der Waals surface area contributed by atoms with E-state index in [1.54, 1.807) is 7.11 Å². The third-order valence-electron chi connectivity index (χ3n) is 4.56. The molecular formula is C21H25N3O3. The Morgan fingerprint density at radius 2 is 1.70 bits per heavy atom. The van der Waals surface area contributed by atoms with Crippen molar-refractivity contribution in [3.05, 3.63) is 65.2 Å². The Labute approximate surface area is 159 Å². The van der Waals surface area contributed by atoms with Crippen molar-refractivity contribution in [2.24, 2.45) is 5.10 Å². The molecule has 0 bridgehead atoms. The zero-order chi connectivity index (χ0) is 19.1. The fourth-order valence-corrected chi connectivity index (χ4v) is 2.87. The van der Waals surface area contributed by atoms with E-state index in [1.165, 1.54) is 5.56 Å². The second-order valence-corrected chi connectivity index (χ2v) is 6.45. The molecule has 0 aliphatic carbocycles. The molecule has 0 aromatic heterocycles. The molecule has 0 atom stereocenters. The number of nitrogens with zero attached hydrogens (tertiary/aromatic N) is 2. The van der Waals surface area contributed by atoms with Crippen molar-refractivity contribution in [2.75, 3.05) is 33.4 Å². The van der Waals surface area contributed by atoms with Gasteiger partial charge in [-0.2, -0.15) is 5.10 Å². The molecule has 3 rings (SSSR count). The Kier molecular flexibility index (Phi) is 6.57. The van der Waals surface area contributed by atoms with Gasteiger partial charge in [-0.05, 0) is 54.4 Å². The first-order valence-electron chi connectivity index (χ1n) is 9.04. The zero-order valence-corrected chi connectivity index (χ0v) is 15.8. The van der Waals surface area contributed by atoms with Gasteiger partial charge in [0.25, 0.3) is 5.91 Å². The van der Waals surface area contributed by atoms with Crippen LogP contribution in [-0.2, 0) is 11.3 Å². The SMILES string of the molecule is COc1ccc(C(C)=NNC(=O)c2ccc(CN3CCOCC3)cc2)cc1. The molecule has 0 spiro atoms. The Morgan fingerprint density at radius 3 is 2.33 bits per heavy atom. The van der Waals surface area contributed by atoms with Crippen LogP contribution in [0.4, 0.5) is 0 Å². The lowest BCUT2D eigenvalue weighted by atomic mass is 10.1. The molecule has 0 saturated carbocycles. The van der Waals surface area contributed by atoms with Gasteiger partial charge in [0, 0.05) is 25.2 Å². The first kappa shape index (κ1) is 19.1. The van der Waals surface area contributed by atoms with Crippen LogP contribution in [0.15, 0.2) is 53.6 Å². The monoisotopic (exact) mass is 367 g/mol. The third-order valence-corrected chi connectivity index (χ3v) is 4.56. The summed E-state index contributed by atoms with van der Waals surface area (Å²) >= 11 is 0. The molecule has 1 aliphatic heterocycles. The number of amides is 1. The minimum absolute atomic E-state index is 0.221. The first-order chi connectivity index (χ1) is 13.2. The summed E-state index contributed by atoms with van der Waals surface area (Å²) in [5.41, 5.74) is 6.05. The van der Waals surface area contributed by atoms with Crippen molar-refractivity contribution in [3.8, 4) is 5.75 Å². The molecule has 1 fully saturated rings.